The van der Waals surface area contributed by atoms with Gasteiger partial charge in [0.1, 0.15) is 5.78 Å². The maximum absolute atomic E-state index is 11.5. The van der Waals surface area contributed by atoms with Crippen molar-refractivity contribution in [3.05, 3.63) is 0 Å². The van der Waals surface area contributed by atoms with E-state index in [2.05, 4.69) is 0 Å². The first-order valence-corrected chi connectivity index (χ1v) is 9.63. The van der Waals surface area contributed by atoms with E-state index in [0.717, 1.165) is 37.5 Å². The molecule has 4 nitrogen and oxygen atoms in total. The Hall–Kier alpha value is -0.450. The number of ketones is 1. The summed E-state index contributed by atoms with van der Waals surface area (Å²) >= 11 is 0. The molecule has 0 radical (unpaired) electrons. The van der Waals surface area contributed by atoms with Gasteiger partial charge in [-0.05, 0) is 69.6 Å². The van der Waals surface area contributed by atoms with E-state index in [-0.39, 0.29) is 5.78 Å². The van der Waals surface area contributed by atoms with Crippen LogP contribution in [-0.2, 0) is 19.3 Å². The average Bonchev–Trinajstić information content (AvgIpc) is 2.84. The number of hydrogen-bond donors (Lipinski definition) is 0. The summed E-state index contributed by atoms with van der Waals surface area (Å²) in [5.74, 6) is 2.44. The maximum atomic E-state index is 11.5. The molecule has 128 valence electrons. The summed E-state index contributed by atoms with van der Waals surface area (Å²) in [7, 11) is 0. The van der Waals surface area contributed by atoms with Crippen LogP contribution >= 0.6 is 0 Å². The molecule has 1 saturated heterocycles. The van der Waals surface area contributed by atoms with Crippen molar-refractivity contribution in [2.45, 2.75) is 82.7 Å². The number of hydrogen-bond acceptors (Lipinski definition) is 4. The molecule has 6 aliphatic rings. The smallest absolute Gasteiger partial charge is 0.210 e. The van der Waals surface area contributed by atoms with Gasteiger partial charge in [0.15, 0.2) is 0 Å². The zero-order valence-corrected chi connectivity index (χ0v) is 14.1. The van der Waals surface area contributed by atoms with Crippen molar-refractivity contribution < 1.29 is 19.3 Å². The molecule has 0 N–H and O–H groups in total. The van der Waals surface area contributed by atoms with E-state index in [1.807, 2.05) is 0 Å². The first-order chi connectivity index (χ1) is 11.1. The van der Waals surface area contributed by atoms with Gasteiger partial charge in [0.25, 0.3) is 0 Å². The van der Waals surface area contributed by atoms with Crippen molar-refractivity contribution in [3.8, 4) is 0 Å². The van der Waals surface area contributed by atoms with Gasteiger partial charge in [0.2, 0.25) is 11.6 Å². The Balaban J connectivity index is 1.37. The molecular formula is C19H28O4. The topological polar surface area (TPSA) is 44.8 Å². The highest BCUT2D eigenvalue weighted by Crippen LogP contribution is 2.64. The van der Waals surface area contributed by atoms with Gasteiger partial charge < -0.3 is 9.53 Å². The van der Waals surface area contributed by atoms with Crippen LogP contribution in [0.15, 0.2) is 0 Å². The molecule has 0 unspecified atom stereocenters. The number of Topliss-reactive ketones (excluding diaryl/α,β-unsaturated/α-hetero) is 1. The Morgan fingerprint density at radius 3 is 2.39 bits per heavy atom. The molecule has 1 heterocycles. The molecule has 2 spiro atoms. The number of rotatable bonds is 2. The van der Waals surface area contributed by atoms with Gasteiger partial charge in [-0.25, -0.2) is 0 Å². The quantitative estimate of drug-likeness (QED) is 0.722. The predicted octanol–water partition coefficient (Wildman–Crippen LogP) is 3.98. The highest BCUT2D eigenvalue weighted by molar-refractivity contribution is 5.75. The summed E-state index contributed by atoms with van der Waals surface area (Å²) in [6.07, 6.45) is 11.0. The molecule has 6 rings (SSSR count). The predicted molar refractivity (Wildman–Crippen MR) is 83.0 cm³/mol. The van der Waals surface area contributed by atoms with Gasteiger partial charge in [-0.2, -0.15) is 9.78 Å². The van der Waals surface area contributed by atoms with Crippen LogP contribution in [0.1, 0.15) is 71.1 Å². The second kappa shape index (κ2) is 5.03. The van der Waals surface area contributed by atoms with Gasteiger partial charge in [0, 0.05) is 31.1 Å². The van der Waals surface area contributed by atoms with Crippen molar-refractivity contribution >= 4 is 5.78 Å². The fraction of sp³-hybridized carbons (Fsp3) is 0.947. The lowest BCUT2D eigenvalue weighted by atomic mass is 9.53. The monoisotopic (exact) mass is 320 g/mol. The van der Waals surface area contributed by atoms with Gasteiger partial charge in [-0.15, -0.1) is 0 Å². The molecule has 0 aromatic heterocycles. The minimum atomic E-state index is -0.576. The third-order valence-corrected chi connectivity index (χ3v) is 7.29. The minimum absolute atomic E-state index is 0.273. The highest BCUT2D eigenvalue weighted by Gasteiger charge is 2.66. The summed E-state index contributed by atoms with van der Waals surface area (Å²) in [5, 5.41) is 0. The molecule has 2 atom stereocenters. The van der Waals surface area contributed by atoms with Crippen molar-refractivity contribution in [3.63, 3.8) is 0 Å². The van der Waals surface area contributed by atoms with Gasteiger partial charge in [0.05, 0.1) is 0 Å². The molecule has 23 heavy (non-hydrogen) atoms. The summed E-state index contributed by atoms with van der Waals surface area (Å²) in [6.45, 7) is 1.69. The van der Waals surface area contributed by atoms with Gasteiger partial charge in [-0.1, -0.05) is 0 Å². The maximum Gasteiger partial charge on any atom is 0.210 e. The minimum Gasteiger partial charge on any atom is -0.312 e. The molecule has 0 aromatic carbocycles. The van der Waals surface area contributed by atoms with Crippen LogP contribution in [0.3, 0.4) is 0 Å². The molecule has 4 heteroatoms. The lowest BCUT2D eigenvalue weighted by Gasteiger charge is -2.57. The second-order valence-electron chi connectivity index (χ2n) is 9.07. The average molecular weight is 320 g/mol. The zero-order valence-electron chi connectivity index (χ0n) is 14.1. The Bertz CT molecular complexity index is 487. The normalized spacial score (nSPS) is 54.2. The standard InChI is InChI=1S/C19H28O4/c1-12(20)5-13-3-2-4-18(11-13)21-19(23-22-18)16-7-14-6-15(9-16)10-17(19)8-14/h13-17H,2-11H2,1H3/t13-,14?,15?,16?,17?,18+,19?/m0/s1. The first kappa shape index (κ1) is 14.9. The molecule has 5 aliphatic carbocycles. The summed E-state index contributed by atoms with van der Waals surface area (Å²) in [4.78, 5) is 23.5. The molecule has 5 saturated carbocycles. The van der Waals surface area contributed by atoms with E-state index in [4.69, 9.17) is 14.5 Å². The largest absolute Gasteiger partial charge is 0.312 e. The fourth-order valence-electron chi connectivity index (χ4n) is 6.66. The fourth-order valence-corrected chi connectivity index (χ4v) is 6.66. The van der Waals surface area contributed by atoms with Gasteiger partial charge >= 0.3 is 0 Å². The van der Waals surface area contributed by atoms with E-state index >= 15 is 0 Å². The van der Waals surface area contributed by atoms with Crippen LogP contribution < -0.4 is 0 Å². The van der Waals surface area contributed by atoms with Crippen molar-refractivity contribution in [1.29, 1.82) is 0 Å². The molecule has 4 bridgehead atoms. The lowest BCUT2D eigenvalue weighted by molar-refractivity contribution is -0.390. The van der Waals surface area contributed by atoms with Crippen LogP contribution in [0.2, 0.25) is 0 Å². The highest BCUT2D eigenvalue weighted by atomic mass is 17.3. The van der Waals surface area contributed by atoms with E-state index in [1.165, 1.54) is 32.1 Å². The Morgan fingerprint density at radius 1 is 1.04 bits per heavy atom. The Morgan fingerprint density at radius 2 is 1.74 bits per heavy atom. The van der Waals surface area contributed by atoms with E-state index in [1.54, 1.807) is 6.92 Å². The van der Waals surface area contributed by atoms with Crippen LogP contribution in [-0.4, -0.2) is 17.4 Å². The molecule has 0 aromatic rings. The Labute approximate surface area is 138 Å². The first-order valence-electron chi connectivity index (χ1n) is 9.63. The van der Waals surface area contributed by atoms with E-state index < -0.39 is 11.6 Å². The van der Waals surface area contributed by atoms with E-state index in [9.17, 15) is 4.79 Å². The molecule has 6 fully saturated rings. The zero-order chi connectivity index (χ0) is 15.7. The van der Waals surface area contributed by atoms with Crippen molar-refractivity contribution in [2.75, 3.05) is 0 Å². The molecular weight excluding hydrogens is 292 g/mol. The summed E-state index contributed by atoms with van der Waals surface area (Å²) in [6, 6.07) is 0. The summed E-state index contributed by atoms with van der Waals surface area (Å²) < 4.78 is 6.71. The number of carbonyl (C=O) groups excluding carboxylic acids is 1. The van der Waals surface area contributed by atoms with Crippen LogP contribution in [0.5, 0.6) is 0 Å². The van der Waals surface area contributed by atoms with Gasteiger partial charge in [-0.3, -0.25) is 0 Å². The van der Waals surface area contributed by atoms with Crippen molar-refractivity contribution in [2.24, 2.45) is 29.6 Å². The third kappa shape index (κ3) is 2.25. The molecule has 0 amide bonds. The van der Waals surface area contributed by atoms with Crippen LogP contribution in [0, 0.1) is 29.6 Å². The molecule has 1 aliphatic heterocycles. The second-order valence-corrected chi connectivity index (χ2v) is 9.07. The summed E-state index contributed by atoms with van der Waals surface area (Å²) in [5.41, 5.74) is 0. The Kier molecular flexibility index (Phi) is 3.25. The third-order valence-electron chi connectivity index (χ3n) is 7.29. The van der Waals surface area contributed by atoms with E-state index in [0.29, 0.717) is 24.2 Å². The SMILES string of the molecule is CC(=O)C[C@@H]1CCC[C@]2(C1)OOC1(O2)C2CC3CC(C2)CC1C3. The van der Waals surface area contributed by atoms with Crippen molar-refractivity contribution in [1.82, 2.24) is 0 Å². The number of carbonyl (C=O) groups is 1. The van der Waals surface area contributed by atoms with Crippen LogP contribution in [0.25, 0.3) is 0 Å². The lowest BCUT2D eigenvalue weighted by Crippen LogP contribution is -2.59. The van der Waals surface area contributed by atoms with Crippen LogP contribution in [0.4, 0.5) is 0 Å². The number of ether oxygens (including phenoxy) is 1.